The lowest BCUT2D eigenvalue weighted by Gasteiger charge is -2.16. The maximum absolute atomic E-state index is 12.2. The number of thiazole rings is 1. The number of rotatable bonds is 3. The number of aromatic nitrogens is 1. The molecule has 2 aromatic rings. The maximum Gasteiger partial charge on any atom is 0.255 e. The first kappa shape index (κ1) is 13.3. The van der Waals surface area contributed by atoms with Crippen molar-refractivity contribution in [1.29, 1.82) is 0 Å². The van der Waals surface area contributed by atoms with E-state index in [1.807, 2.05) is 5.38 Å². The zero-order valence-corrected chi connectivity index (χ0v) is 11.9. The van der Waals surface area contributed by atoms with Crippen molar-refractivity contribution in [3.8, 4) is 0 Å². The minimum Gasteiger partial charge on any atom is -0.335 e. The van der Waals surface area contributed by atoms with Gasteiger partial charge in [0, 0.05) is 23.6 Å². The van der Waals surface area contributed by atoms with E-state index in [9.17, 15) is 4.79 Å². The lowest BCUT2D eigenvalue weighted by molar-refractivity contribution is 0.0785. The lowest BCUT2D eigenvalue weighted by atomic mass is 10.2. The quantitative estimate of drug-likeness (QED) is 0.865. The Morgan fingerprint density at radius 3 is 2.83 bits per heavy atom. The molecular weight excluding hydrogens is 291 g/mol. The predicted molar refractivity (Wildman–Crippen MR) is 74.4 cm³/mol. The summed E-state index contributed by atoms with van der Waals surface area (Å²) >= 11 is 13.3. The lowest BCUT2D eigenvalue weighted by Crippen LogP contribution is -2.26. The summed E-state index contributed by atoms with van der Waals surface area (Å²) in [5.41, 5.74) is 0.445. The molecular formula is C12H10Cl2N2OS. The summed E-state index contributed by atoms with van der Waals surface area (Å²) in [6, 6.07) is 4.84. The monoisotopic (exact) mass is 300 g/mol. The topological polar surface area (TPSA) is 33.2 Å². The van der Waals surface area contributed by atoms with Crippen LogP contribution in [0, 0.1) is 0 Å². The van der Waals surface area contributed by atoms with Gasteiger partial charge in [0.25, 0.3) is 5.91 Å². The molecule has 0 saturated carbocycles. The zero-order valence-electron chi connectivity index (χ0n) is 9.56. The van der Waals surface area contributed by atoms with Gasteiger partial charge in [0.05, 0.1) is 17.1 Å². The Hall–Kier alpha value is -1.10. The van der Waals surface area contributed by atoms with Crippen LogP contribution in [-0.4, -0.2) is 22.8 Å². The van der Waals surface area contributed by atoms with Crippen LogP contribution in [0.25, 0.3) is 0 Å². The zero-order chi connectivity index (χ0) is 13.1. The van der Waals surface area contributed by atoms with E-state index in [-0.39, 0.29) is 5.91 Å². The van der Waals surface area contributed by atoms with Gasteiger partial charge >= 0.3 is 0 Å². The molecule has 6 heteroatoms. The fraction of sp³-hybridized carbons (Fsp3) is 0.167. The van der Waals surface area contributed by atoms with Gasteiger partial charge in [-0.2, -0.15) is 0 Å². The van der Waals surface area contributed by atoms with Crippen molar-refractivity contribution in [2.75, 3.05) is 7.05 Å². The Kier molecular flexibility index (Phi) is 4.22. The molecule has 0 unspecified atom stereocenters. The minimum atomic E-state index is -0.146. The summed E-state index contributed by atoms with van der Waals surface area (Å²) in [4.78, 5) is 17.9. The predicted octanol–water partition coefficient (Wildman–Crippen LogP) is 3.72. The van der Waals surface area contributed by atoms with Gasteiger partial charge < -0.3 is 4.90 Å². The Labute approximate surface area is 119 Å². The van der Waals surface area contributed by atoms with Crippen molar-refractivity contribution in [1.82, 2.24) is 9.88 Å². The van der Waals surface area contributed by atoms with Crippen LogP contribution in [0.5, 0.6) is 0 Å². The van der Waals surface area contributed by atoms with Gasteiger partial charge in [-0.25, -0.2) is 4.98 Å². The first-order valence-corrected chi connectivity index (χ1v) is 6.80. The molecule has 1 heterocycles. The van der Waals surface area contributed by atoms with Gasteiger partial charge in [-0.05, 0) is 18.2 Å². The minimum absolute atomic E-state index is 0.146. The van der Waals surface area contributed by atoms with Crippen LogP contribution in [0.4, 0.5) is 0 Å². The Morgan fingerprint density at radius 2 is 2.22 bits per heavy atom. The Bertz CT molecular complexity index is 557. The molecule has 0 bridgehead atoms. The highest BCUT2D eigenvalue weighted by molar-refractivity contribution is 7.09. The molecule has 0 saturated heterocycles. The summed E-state index contributed by atoms with van der Waals surface area (Å²) in [6.45, 7) is 0.468. The second kappa shape index (κ2) is 5.69. The Morgan fingerprint density at radius 1 is 1.44 bits per heavy atom. The highest BCUT2D eigenvalue weighted by Gasteiger charge is 2.16. The number of carbonyl (C=O) groups excluding carboxylic acids is 1. The summed E-state index contributed by atoms with van der Waals surface area (Å²) in [5.74, 6) is -0.146. The van der Waals surface area contributed by atoms with E-state index in [2.05, 4.69) is 4.98 Å². The van der Waals surface area contributed by atoms with E-state index >= 15 is 0 Å². The van der Waals surface area contributed by atoms with Crippen molar-refractivity contribution < 1.29 is 4.79 Å². The molecule has 0 aliphatic rings. The molecule has 0 aliphatic heterocycles. The van der Waals surface area contributed by atoms with Crippen LogP contribution < -0.4 is 0 Å². The van der Waals surface area contributed by atoms with E-state index in [1.165, 1.54) is 11.3 Å². The highest BCUT2D eigenvalue weighted by Crippen LogP contribution is 2.22. The molecule has 2 rings (SSSR count). The smallest absolute Gasteiger partial charge is 0.255 e. The molecule has 1 aromatic carbocycles. The number of halogens is 2. The summed E-state index contributed by atoms with van der Waals surface area (Å²) in [7, 11) is 1.72. The fourth-order valence-corrected chi connectivity index (χ4v) is 2.63. The molecule has 1 aromatic heterocycles. The number of nitrogens with zero attached hydrogens (tertiary/aromatic N) is 2. The van der Waals surface area contributed by atoms with Crippen molar-refractivity contribution >= 4 is 40.4 Å². The SMILES string of the molecule is CN(Cc1nccs1)C(=O)c1ccc(Cl)cc1Cl. The van der Waals surface area contributed by atoms with Crippen molar-refractivity contribution in [3.05, 3.63) is 50.4 Å². The van der Waals surface area contributed by atoms with Gasteiger partial charge in [-0.1, -0.05) is 23.2 Å². The Balaban J connectivity index is 2.15. The normalized spacial score (nSPS) is 10.4. The standard InChI is InChI=1S/C12H10Cl2N2OS/c1-16(7-11-15-4-5-18-11)12(17)9-3-2-8(13)6-10(9)14/h2-6H,7H2,1H3. The number of carbonyl (C=O) groups is 1. The van der Waals surface area contributed by atoms with Crippen LogP contribution in [0.3, 0.4) is 0 Å². The first-order chi connectivity index (χ1) is 8.58. The molecule has 0 atom stereocenters. The second-order valence-electron chi connectivity index (χ2n) is 3.71. The summed E-state index contributed by atoms with van der Waals surface area (Å²) in [5, 5.41) is 3.64. The molecule has 0 fully saturated rings. The van der Waals surface area contributed by atoms with Crippen molar-refractivity contribution in [3.63, 3.8) is 0 Å². The number of hydrogen-bond donors (Lipinski definition) is 0. The van der Waals surface area contributed by atoms with Gasteiger partial charge in [-0.3, -0.25) is 4.79 Å². The van der Waals surface area contributed by atoms with Crippen LogP contribution in [-0.2, 0) is 6.54 Å². The van der Waals surface area contributed by atoms with Crippen LogP contribution in [0.2, 0.25) is 10.0 Å². The van der Waals surface area contributed by atoms with Crippen molar-refractivity contribution in [2.24, 2.45) is 0 Å². The van der Waals surface area contributed by atoms with Crippen molar-refractivity contribution in [2.45, 2.75) is 6.54 Å². The van der Waals surface area contributed by atoms with Gasteiger partial charge in [0.1, 0.15) is 5.01 Å². The third-order valence-corrected chi connectivity index (χ3v) is 3.68. The van der Waals surface area contributed by atoms with E-state index in [4.69, 9.17) is 23.2 Å². The maximum atomic E-state index is 12.2. The van der Waals surface area contributed by atoms with E-state index in [0.717, 1.165) is 5.01 Å². The average Bonchev–Trinajstić information content (AvgIpc) is 2.81. The van der Waals surface area contributed by atoms with Gasteiger partial charge in [0.2, 0.25) is 0 Å². The second-order valence-corrected chi connectivity index (χ2v) is 5.53. The number of amides is 1. The molecule has 0 radical (unpaired) electrons. The van der Waals surface area contributed by atoms with Gasteiger partial charge in [0.15, 0.2) is 0 Å². The largest absolute Gasteiger partial charge is 0.335 e. The fourth-order valence-electron chi connectivity index (χ4n) is 1.47. The van der Waals surface area contributed by atoms with Crippen LogP contribution in [0.15, 0.2) is 29.8 Å². The van der Waals surface area contributed by atoms with Gasteiger partial charge in [-0.15, -0.1) is 11.3 Å². The van der Waals surface area contributed by atoms with E-state index in [0.29, 0.717) is 22.2 Å². The van der Waals surface area contributed by atoms with Crippen LogP contribution >= 0.6 is 34.5 Å². The molecule has 0 aliphatic carbocycles. The third kappa shape index (κ3) is 3.02. The molecule has 1 amide bonds. The summed E-state index contributed by atoms with van der Waals surface area (Å²) < 4.78 is 0. The number of benzene rings is 1. The first-order valence-electron chi connectivity index (χ1n) is 5.17. The van der Waals surface area contributed by atoms with E-state index < -0.39 is 0 Å². The molecule has 0 N–H and O–H groups in total. The van der Waals surface area contributed by atoms with E-state index in [1.54, 1.807) is 36.3 Å². The summed E-state index contributed by atoms with van der Waals surface area (Å²) in [6.07, 6.45) is 1.72. The third-order valence-electron chi connectivity index (χ3n) is 2.36. The molecule has 3 nitrogen and oxygen atoms in total. The highest BCUT2D eigenvalue weighted by atomic mass is 35.5. The number of hydrogen-bond acceptors (Lipinski definition) is 3. The average molecular weight is 301 g/mol. The molecule has 94 valence electrons. The molecule has 18 heavy (non-hydrogen) atoms. The molecule has 0 spiro atoms. The van der Waals surface area contributed by atoms with Crippen LogP contribution in [0.1, 0.15) is 15.4 Å².